The van der Waals surface area contributed by atoms with Gasteiger partial charge in [-0.15, -0.1) is 0 Å². The average molecular weight is 291 g/mol. The zero-order valence-corrected chi connectivity index (χ0v) is 12.7. The second kappa shape index (κ2) is 7.88. The van der Waals surface area contributed by atoms with E-state index in [4.69, 9.17) is 10.5 Å². The maximum Gasteiger partial charge on any atom is 0.255 e. The predicted molar refractivity (Wildman–Crippen MR) is 84.6 cm³/mol. The minimum Gasteiger partial charge on any atom is -0.496 e. The Balaban J connectivity index is 1.76. The van der Waals surface area contributed by atoms with Gasteiger partial charge in [0.25, 0.3) is 5.91 Å². The first-order valence-corrected chi connectivity index (χ1v) is 7.65. The van der Waals surface area contributed by atoms with Crippen molar-refractivity contribution in [2.45, 2.75) is 25.7 Å². The summed E-state index contributed by atoms with van der Waals surface area (Å²) in [5.74, 6) is 0.411. The van der Waals surface area contributed by atoms with Crippen molar-refractivity contribution in [2.75, 3.05) is 39.0 Å². The van der Waals surface area contributed by atoms with Gasteiger partial charge in [0.15, 0.2) is 0 Å². The molecule has 0 unspecified atom stereocenters. The summed E-state index contributed by atoms with van der Waals surface area (Å²) < 4.78 is 5.20. The van der Waals surface area contributed by atoms with E-state index >= 15 is 0 Å². The summed E-state index contributed by atoms with van der Waals surface area (Å²) in [6.07, 6.45) is 4.93. The van der Waals surface area contributed by atoms with E-state index in [2.05, 4.69) is 10.2 Å². The van der Waals surface area contributed by atoms with E-state index in [1.54, 1.807) is 25.3 Å². The third-order valence-corrected chi connectivity index (χ3v) is 3.86. The van der Waals surface area contributed by atoms with Crippen molar-refractivity contribution in [3.8, 4) is 5.75 Å². The molecule has 0 radical (unpaired) electrons. The van der Waals surface area contributed by atoms with Gasteiger partial charge in [-0.2, -0.15) is 0 Å². The SMILES string of the molecule is COc1cc(N)ccc1C(=O)NCCCN1CCCCC1. The van der Waals surface area contributed by atoms with E-state index in [1.807, 2.05) is 0 Å². The van der Waals surface area contributed by atoms with Gasteiger partial charge in [-0.3, -0.25) is 4.79 Å². The Morgan fingerprint density at radius 2 is 2.10 bits per heavy atom. The van der Waals surface area contributed by atoms with Gasteiger partial charge in [0.2, 0.25) is 0 Å². The van der Waals surface area contributed by atoms with Crippen LogP contribution in [0.15, 0.2) is 18.2 Å². The first kappa shape index (κ1) is 15.6. The average Bonchev–Trinajstić information content (AvgIpc) is 2.52. The molecule has 1 heterocycles. The number of nitrogens with one attached hydrogen (secondary N) is 1. The summed E-state index contributed by atoms with van der Waals surface area (Å²) in [4.78, 5) is 14.6. The Labute approximate surface area is 126 Å². The van der Waals surface area contributed by atoms with Crippen molar-refractivity contribution in [1.82, 2.24) is 10.2 Å². The molecule has 0 atom stereocenters. The number of nitrogens with zero attached hydrogens (tertiary/aromatic N) is 1. The van der Waals surface area contributed by atoms with Crippen LogP contribution in [0.3, 0.4) is 0 Å². The number of hydrogen-bond donors (Lipinski definition) is 2. The van der Waals surface area contributed by atoms with Crippen LogP contribution in [0.5, 0.6) is 5.75 Å². The van der Waals surface area contributed by atoms with Gasteiger partial charge in [0.05, 0.1) is 12.7 Å². The first-order chi connectivity index (χ1) is 10.2. The molecule has 0 aromatic heterocycles. The van der Waals surface area contributed by atoms with Crippen molar-refractivity contribution in [1.29, 1.82) is 0 Å². The third-order valence-electron chi connectivity index (χ3n) is 3.86. The zero-order valence-electron chi connectivity index (χ0n) is 12.7. The summed E-state index contributed by atoms with van der Waals surface area (Å²) in [6.45, 7) is 4.13. The van der Waals surface area contributed by atoms with Crippen molar-refractivity contribution in [2.24, 2.45) is 0 Å². The van der Waals surface area contributed by atoms with Gasteiger partial charge in [-0.05, 0) is 51.0 Å². The number of hydrogen-bond acceptors (Lipinski definition) is 4. The van der Waals surface area contributed by atoms with Gasteiger partial charge in [-0.1, -0.05) is 6.42 Å². The summed E-state index contributed by atoms with van der Waals surface area (Å²) in [5.41, 5.74) is 6.81. The maximum absolute atomic E-state index is 12.1. The normalized spacial score (nSPS) is 15.7. The van der Waals surface area contributed by atoms with Gasteiger partial charge in [0.1, 0.15) is 5.75 Å². The van der Waals surface area contributed by atoms with Crippen molar-refractivity contribution >= 4 is 11.6 Å². The number of benzene rings is 1. The van der Waals surface area contributed by atoms with Crippen LogP contribution in [0.25, 0.3) is 0 Å². The highest BCUT2D eigenvalue weighted by atomic mass is 16.5. The fraction of sp³-hybridized carbons (Fsp3) is 0.562. The molecule has 1 aliphatic heterocycles. The summed E-state index contributed by atoms with van der Waals surface area (Å²) in [7, 11) is 1.54. The number of ether oxygens (including phenoxy) is 1. The third kappa shape index (κ3) is 4.63. The lowest BCUT2D eigenvalue weighted by Gasteiger charge is -2.26. The second-order valence-electron chi connectivity index (χ2n) is 5.47. The number of carbonyl (C=O) groups is 1. The molecule has 5 nitrogen and oxygen atoms in total. The molecule has 0 aliphatic carbocycles. The minimum absolute atomic E-state index is 0.106. The minimum atomic E-state index is -0.106. The van der Waals surface area contributed by atoms with Gasteiger partial charge in [-0.25, -0.2) is 0 Å². The van der Waals surface area contributed by atoms with Crippen molar-refractivity contribution < 1.29 is 9.53 Å². The quantitative estimate of drug-likeness (QED) is 0.620. The predicted octanol–water partition coefficient (Wildman–Crippen LogP) is 1.88. The van der Waals surface area contributed by atoms with Crippen LogP contribution in [0.2, 0.25) is 0 Å². The topological polar surface area (TPSA) is 67.6 Å². The standard InChI is InChI=1S/C16H25N3O2/c1-21-15-12-13(17)6-7-14(15)16(20)18-8-5-11-19-9-3-2-4-10-19/h6-7,12H,2-5,8-11,17H2,1H3,(H,18,20). The fourth-order valence-electron chi connectivity index (χ4n) is 2.68. The van der Waals surface area contributed by atoms with Crippen LogP contribution < -0.4 is 15.8 Å². The van der Waals surface area contributed by atoms with Crippen molar-refractivity contribution in [3.05, 3.63) is 23.8 Å². The summed E-state index contributed by atoms with van der Waals surface area (Å²) in [6, 6.07) is 5.09. The highest BCUT2D eigenvalue weighted by molar-refractivity contribution is 5.97. The Morgan fingerprint density at radius 1 is 1.33 bits per heavy atom. The maximum atomic E-state index is 12.1. The number of carbonyl (C=O) groups excluding carboxylic acids is 1. The first-order valence-electron chi connectivity index (χ1n) is 7.65. The van der Waals surface area contributed by atoms with E-state index in [0.717, 1.165) is 13.0 Å². The van der Waals surface area contributed by atoms with Gasteiger partial charge >= 0.3 is 0 Å². The number of nitrogens with two attached hydrogens (primary N) is 1. The van der Waals surface area contributed by atoms with E-state index in [-0.39, 0.29) is 5.91 Å². The Morgan fingerprint density at radius 3 is 2.81 bits per heavy atom. The molecule has 1 saturated heterocycles. The number of rotatable bonds is 6. The molecule has 1 fully saturated rings. The van der Waals surface area contributed by atoms with E-state index in [0.29, 0.717) is 23.5 Å². The molecule has 5 heteroatoms. The molecule has 0 saturated carbocycles. The van der Waals surface area contributed by atoms with Crippen LogP contribution in [0.4, 0.5) is 5.69 Å². The fourth-order valence-corrected chi connectivity index (χ4v) is 2.68. The number of amides is 1. The Kier molecular flexibility index (Phi) is 5.87. The molecular formula is C16H25N3O2. The summed E-state index contributed by atoms with van der Waals surface area (Å²) in [5, 5.41) is 2.95. The van der Waals surface area contributed by atoms with E-state index in [1.165, 1.54) is 32.4 Å². The number of methoxy groups -OCH3 is 1. The molecule has 0 spiro atoms. The number of anilines is 1. The smallest absolute Gasteiger partial charge is 0.255 e. The molecule has 0 bridgehead atoms. The van der Waals surface area contributed by atoms with Crippen LogP contribution in [0, 0.1) is 0 Å². The van der Waals surface area contributed by atoms with E-state index < -0.39 is 0 Å². The zero-order chi connectivity index (χ0) is 15.1. The summed E-state index contributed by atoms with van der Waals surface area (Å²) >= 11 is 0. The largest absolute Gasteiger partial charge is 0.496 e. The molecule has 2 rings (SSSR count). The molecule has 3 N–H and O–H groups in total. The van der Waals surface area contributed by atoms with E-state index in [9.17, 15) is 4.79 Å². The van der Waals surface area contributed by atoms with Crippen LogP contribution in [-0.4, -0.2) is 44.1 Å². The molecule has 1 aromatic rings. The van der Waals surface area contributed by atoms with Crippen LogP contribution in [-0.2, 0) is 0 Å². The molecule has 21 heavy (non-hydrogen) atoms. The molecule has 1 aromatic carbocycles. The van der Waals surface area contributed by atoms with Crippen LogP contribution in [0.1, 0.15) is 36.0 Å². The second-order valence-corrected chi connectivity index (χ2v) is 5.47. The number of piperidine rings is 1. The lowest BCUT2D eigenvalue weighted by atomic mass is 10.1. The van der Waals surface area contributed by atoms with Gasteiger partial charge < -0.3 is 20.7 Å². The molecule has 1 aliphatic rings. The molecule has 1 amide bonds. The number of nitrogen functional groups attached to an aromatic ring is 1. The lowest BCUT2D eigenvalue weighted by molar-refractivity contribution is 0.0948. The molecular weight excluding hydrogens is 266 g/mol. The Hall–Kier alpha value is -1.75. The van der Waals surface area contributed by atoms with Crippen LogP contribution >= 0.6 is 0 Å². The highest BCUT2D eigenvalue weighted by Crippen LogP contribution is 2.21. The highest BCUT2D eigenvalue weighted by Gasteiger charge is 2.13. The lowest BCUT2D eigenvalue weighted by Crippen LogP contribution is -2.33. The Bertz CT molecular complexity index is 471. The van der Waals surface area contributed by atoms with Gasteiger partial charge in [0, 0.05) is 18.3 Å². The monoisotopic (exact) mass is 291 g/mol. The van der Waals surface area contributed by atoms with Crippen molar-refractivity contribution in [3.63, 3.8) is 0 Å². The number of likely N-dealkylation sites (tertiary alicyclic amines) is 1. The molecule has 116 valence electrons.